The minimum atomic E-state index is -4.33. The third kappa shape index (κ3) is 9.89. The van der Waals surface area contributed by atoms with Crippen molar-refractivity contribution in [1.29, 1.82) is 0 Å². The summed E-state index contributed by atoms with van der Waals surface area (Å²) >= 11 is 0. The average molecular weight is 720 g/mol. The molecule has 1 aliphatic rings. The van der Waals surface area contributed by atoms with E-state index in [1.165, 1.54) is 22.3 Å². The molecule has 0 aliphatic carbocycles. The lowest BCUT2D eigenvalue weighted by Gasteiger charge is -2.43. The van der Waals surface area contributed by atoms with Crippen LogP contribution in [0.25, 0.3) is 0 Å². The molecule has 1 heterocycles. The van der Waals surface area contributed by atoms with Crippen LogP contribution in [0.2, 0.25) is 5.04 Å². The van der Waals surface area contributed by atoms with Gasteiger partial charge in [0.25, 0.3) is 14.0 Å². The number of hydrogen-bond donors (Lipinski definition) is 1. The van der Waals surface area contributed by atoms with Crippen molar-refractivity contribution in [2.75, 3.05) is 26.7 Å². The first-order valence-electron chi connectivity index (χ1n) is 16.3. The number of carbonyl (C=O) groups excluding carboxylic acids is 2. The van der Waals surface area contributed by atoms with E-state index < -0.39 is 48.3 Å². The lowest BCUT2D eigenvalue weighted by molar-refractivity contribution is -0.384. The van der Waals surface area contributed by atoms with Crippen molar-refractivity contribution in [1.82, 2.24) is 9.62 Å². The summed E-state index contributed by atoms with van der Waals surface area (Å²) in [4.78, 5) is 36.4. The molecule has 3 aromatic carbocycles. The van der Waals surface area contributed by atoms with Crippen LogP contribution in [-0.4, -0.2) is 78.3 Å². The topological polar surface area (TPSA) is 154 Å². The van der Waals surface area contributed by atoms with E-state index in [1.807, 2.05) is 36.4 Å². The molecule has 1 saturated heterocycles. The summed E-state index contributed by atoms with van der Waals surface area (Å²) in [5.41, 5.74) is -0.288. The first-order valence-corrected chi connectivity index (χ1v) is 19.7. The minimum Gasteiger partial charge on any atom is -0.497 e. The number of rotatable bonds is 13. The van der Waals surface area contributed by atoms with Gasteiger partial charge in [0.2, 0.25) is 10.0 Å². The summed E-state index contributed by atoms with van der Waals surface area (Å²) in [6.07, 6.45) is 2.61. The molecule has 264 valence electrons. The van der Waals surface area contributed by atoms with Crippen LogP contribution in [0.4, 0.5) is 5.69 Å². The van der Waals surface area contributed by atoms with Gasteiger partial charge in [-0.3, -0.25) is 24.6 Å². The second-order valence-electron chi connectivity index (χ2n) is 13.0. The highest BCUT2D eigenvalue weighted by molar-refractivity contribution is 7.89. The lowest BCUT2D eigenvalue weighted by Crippen LogP contribution is -2.66. The quantitative estimate of drug-likeness (QED) is 0.0914. The standard InChI is InChI=1S/C35H42BN3O9SSi/c1-35(2,3)50(30-16-10-8-11-17-30,31-18-12-9-13-19-31)46-25-15-7-5-6-14-20-32(36-47-33(40)26-38(4)27-34(41)48-36)37-49(44,45)29-23-21-28(22-24-29)39(42)43/h8-13,16-19,21-24,32,37H,5-7,15,25-27H2,1-4H3. The molecule has 1 N–H and O–H groups in total. The minimum absolute atomic E-state index is 0.142. The predicted molar refractivity (Wildman–Crippen MR) is 192 cm³/mol. The van der Waals surface area contributed by atoms with Crippen LogP contribution in [0.3, 0.4) is 0 Å². The number of nitro benzene ring substituents is 1. The second-order valence-corrected chi connectivity index (χ2v) is 19.0. The fraction of sp³-hybridized carbons (Fsp3) is 0.371. The van der Waals surface area contributed by atoms with Gasteiger partial charge in [0.15, 0.2) is 0 Å². The van der Waals surface area contributed by atoms with Crippen LogP contribution in [0.15, 0.2) is 89.8 Å². The van der Waals surface area contributed by atoms with E-state index in [0.29, 0.717) is 19.4 Å². The van der Waals surface area contributed by atoms with Gasteiger partial charge in [-0.15, -0.1) is 5.92 Å². The van der Waals surface area contributed by atoms with Crippen molar-refractivity contribution in [2.45, 2.75) is 62.3 Å². The average Bonchev–Trinajstić information content (AvgIpc) is 3.06. The highest BCUT2D eigenvalue weighted by Crippen LogP contribution is 2.36. The highest BCUT2D eigenvalue weighted by Gasteiger charge is 2.50. The Balaban J connectivity index is 1.45. The number of non-ortho nitro benzene ring substituents is 1. The van der Waals surface area contributed by atoms with E-state index in [-0.39, 0.29) is 28.7 Å². The fourth-order valence-electron chi connectivity index (χ4n) is 5.79. The number of nitrogens with zero attached hydrogens (tertiary/aromatic N) is 2. The third-order valence-electron chi connectivity index (χ3n) is 8.14. The molecule has 1 atom stereocenters. The number of nitrogens with one attached hydrogen (secondary N) is 1. The zero-order valence-corrected chi connectivity index (χ0v) is 30.5. The molecule has 0 spiro atoms. The second kappa shape index (κ2) is 17.1. The number of nitro groups is 1. The Morgan fingerprint density at radius 2 is 1.46 bits per heavy atom. The van der Waals surface area contributed by atoms with Crippen molar-refractivity contribution < 1.29 is 36.7 Å². The first-order chi connectivity index (χ1) is 23.7. The van der Waals surface area contributed by atoms with Gasteiger partial charge in [0, 0.05) is 25.2 Å². The van der Waals surface area contributed by atoms with Crippen molar-refractivity contribution in [3.8, 4) is 11.8 Å². The maximum absolute atomic E-state index is 13.3. The summed E-state index contributed by atoms with van der Waals surface area (Å²) in [5, 5.41) is 13.3. The number of sulfonamides is 1. The third-order valence-corrected chi connectivity index (χ3v) is 14.6. The number of carbonyl (C=O) groups is 2. The first kappa shape index (κ1) is 38.5. The molecular formula is C35H42BN3O9SSi. The van der Waals surface area contributed by atoms with Crippen LogP contribution in [0, 0.1) is 22.0 Å². The molecular weight excluding hydrogens is 677 g/mol. The van der Waals surface area contributed by atoms with Crippen molar-refractivity contribution in [2.24, 2.45) is 0 Å². The van der Waals surface area contributed by atoms with Gasteiger partial charge in [0.1, 0.15) is 5.94 Å². The molecule has 12 nitrogen and oxygen atoms in total. The molecule has 0 amide bonds. The monoisotopic (exact) mass is 719 g/mol. The molecule has 1 unspecified atom stereocenters. The van der Waals surface area contributed by atoms with E-state index >= 15 is 0 Å². The van der Waals surface area contributed by atoms with Gasteiger partial charge < -0.3 is 13.7 Å². The van der Waals surface area contributed by atoms with E-state index in [1.54, 1.807) is 0 Å². The molecule has 0 saturated carbocycles. The Labute approximate surface area is 295 Å². The van der Waals surface area contributed by atoms with Crippen molar-refractivity contribution >= 4 is 53.5 Å². The van der Waals surface area contributed by atoms with E-state index in [2.05, 4.69) is 61.6 Å². The number of unbranched alkanes of at least 4 members (excludes halogenated alkanes) is 3. The van der Waals surface area contributed by atoms with E-state index in [4.69, 9.17) is 13.7 Å². The number of hydrogen-bond acceptors (Lipinski definition) is 10. The molecule has 3 aromatic rings. The predicted octanol–water partition coefficient (Wildman–Crippen LogP) is 3.44. The lowest BCUT2D eigenvalue weighted by atomic mass is 9.78. The Kier molecular flexibility index (Phi) is 13.1. The van der Waals surface area contributed by atoms with Crippen LogP contribution in [0.1, 0.15) is 46.5 Å². The molecule has 0 radical (unpaired) electrons. The highest BCUT2D eigenvalue weighted by atomic mass is 32.2. The summed E-state index contributed by atoms with van der Waals surface area (Å²) in [6, 6.07) is 25.0. The van der Waals surface area contributed by atoms with Gasteiger partial charge in [-0.1, -0.05) is 93.8 Å². The number of benzene rings is 3. The van der Waals surface area contributed by atoms with Crippen LogP contribution >= 0.6 is 0 Å². The maximum Gasteiger partial charge on any atom is 0.631 e. The van der Waals surface area contributed by atoms with Crippen LogP contribution < -0.4 is 15.1 Å². The Morgan fingerprint density at radius 3 is 1.96 bits per heavy atom. The van der Waals surface area contributed by atoms with E-state index in [9.17, 15) is 28.1 Å². The van der Waals surface area contributed by atoms with Crippen LogP contribution in [0.5, 0.6) is 0 Å². The van der Waals surface area contributed by atoms with Crippen molar-refractivity contribution in [3.05, 3.63) is 95.0 Å². The summed E-state index contributed by atoms with van der Waals surface area (Å²) < 4.78 is 46.4. The summed E-state index contributed by atoms with van der Waals surface area (Å²) in [5.74, 6) is 2.83. The molecule has 4 rings (SSSR count). The Hall–Kier alpha value is -4.33. The summed E-state index contributed by atoms with van der Waals surface area (Å²) in [7, 11) is -7.09. The van der Waals surface area contributed by atoms with Gasteiger partial charge in [-0.25, -0.2) is 8.42 Å². The normalized spacial score (nSPS) is 15.2. The SMILES string of the molecule is CN1CC(=O)OB(C(C#CCCCCCO[Si](c2ccccc2)(c2ccccc2)C(C)(C)C)NS(=O)(=O)c2ccc([N+](=O)[O-])cc2)OC(=O)C1. The molecule has 0 aromatic heterocycles. The number of likely N-dealkylation sites (N-methyl/N-ethyl adjacent to an activating group) is 1. The van der Waals surface area contributed by atoms with Gasteiger partial charge >= 0.3 is 19.1 Å². The smallest absolute Gasteiger partial charge is 0.497 e. The zero-order valence-electron chi connectivity index (χ0n) is 28.7. The van der Waals surface area contributed by atoms with Crippen LogP contribution in [-0.2, 0) is 33.3 Å². The molecule has 50 heavy (non-hydrogen) atoms. The van der Waals surface area contributed by atoms with Gasteiger partial charge in [0.05, 0.1) is 22.9 Å². The maximum atomic E-state index is 13.3. The Morgan fingerprint density at radius 1 is 0.920 bits per heavy atom. The van der Waals surface area contributed by atoms with Gasteiger partial charge in [-0.05, 0) is 47.4 Å². The molecule has 0 bridgehead atoms. The van der Waals surface area contributed by atoms with Gasteiger partial charge in [-0.2, -0.15) is 4.72 Å². The molecule has 1 aliphatic heterocycles. The van der Waals surface area contributed by atoms with E-state index in [0.717, 1.165) is 37.1 Å². The zero-order chi connectivity index (χ0) is 36.4. The largest absolute Gasteiger partial charge is 0.631 e. The molecule has 1 fully saturated rings. The van der Waals surface area contributed by atoms with Crippen molar-refractivity contribution in [3.63, 3.8) is 0 Å². The Bertz CT molecular complexity index is 1740. The fourth-order valence-corrected chi connectivity index (χ4v) is 11.5. The molecule has 15 heteroatoms. The summed E-state index contributed by atoms with van der Waals surface area (Å²) in [6.45, 7) is 6.80.